The predicted octanol–water partition coefficient (Wildman–Crippen LogP) is 4.84. The lowest BCUT2D eigenvalue weighted by Gasteiger charge is -2.11. The monoisotopic (exact) mass is 392 g/mol. The highest BCUT2D eigenvalue weighted by atomic mass is 32.1. The van der Waals surface area contributed by atoms with Gasteiger partial charge in [0.05, 0.1) is 16.1 Å². The molecule has 2 aromatic carbocycles. The molecule has 4 nitrogen and oxygen atoms in total. The zero-order valence-corrected chi connectivity index (χ0v) is 16.9. The third-order valence-corrected chi connectivity index (χ3v) is 5.68. The van der Waals surface area contributed by atoms with Crippen molar-refractivity contribution in [3.05, 3.63) is 87.1 Å². The van der Waals surface area contributed by atoms with E-state index in [1.54, 1.807) is 18.2 Å². The van der Waals surface area contributed by atoms with Crippen molar-refractivity contribution >= 4 is 28.8 Å². The average molecular weight is 393 g/mol. The van der Waals surface area contributed by atoms with Crippen LogP contribution in [0.5, 0.6) is 0 Å². The first-order valence-electron chi connectivity index (χ1n) is 9.40. The molecule has 2 amide bonds. The molecule has 0 unspecified atom stereocenters. The Labute approximate surface area is 169 Å². The molecule has 2 N–H and O–H groups in total. The molecule has 0 saturated heterocycles. The Morgan fingerprint density at radius 1 is 0.964 bits per heavy atom. The van der Waals surface area contributed by atoms with Crippen LogP contribution in [0.15, 0.2) is 60.7 Å². The number of carbonyl (C=O) groups is 2. The summed E-state index contributed by atoms with van der Waals surface area (Å²) in [7, 11) is 0. The van der Waals surface area contributed by atoms with E-state index in [9.17, 15) is 9.59 Å². The van der Waals surface area contributed by atoms with Crippen molar-refractivity contribution in [2.45, 2.75) is 26.7 Å². The Balaban J connectivity index is 1.66. The van der Waals surface area contributed by atoms with Gasteiger partial charge in [-0.3, -0.25) is 9.59 Å². The second-order valence-electron chi connectivity index (χ2n) is 6.54. The summed E-state index contributed by atoms with van der Waals surface area (Å²) in [6, 6.07) is 19.0. The van der Waals surface area contributed by atoms with Crippen LogP contribution in [0.1, 0.15) is 43.0 Å². The molecule has 0 atom stereocenters. The van der Waals surface area contributed by atoms with E-state index in [2.05, 4.69) is 17.6 Å². The maximum absolute atomic E-state index is 12.6. The van der Waals surface area contributed by atoms with Crippen LogP contribution in [-0.2, 0) is 12.8 Å². The van der Waals surface area contributed by atoms with Crippen LogP contribution >= 0.6 is 11.3 Å². The Morgan fingerprint density at radius 2 is 1.68 bits per heavy atom. The molecule has 0 saturated carbocycles. The van der Waals surface area contributed by atoms with Gasteiger partial charge in [-0.15, -0.1) is 11.3 Å². The molecule has 0 aliphatic rings. The average Bonchev–Trinajstić information content (AvgIpc) is 3.10. The SMILES string of the molecule is CCc1cc(C(=O)Nc2ccccc2C(=O)NCCc2ccccc2)sc1C. The summed E-state index contributed by atoms with van der Waals surface area (Å²) in [4.78, 5) is 27.1. The molecule has 3 aromatic rings. The van der Waals surface area contributed by atoms with Gasteiger partial charge >= 0.3 is 0 Å². The molecule has 0 fully saturated rings. The van der Waals surface area contributed by atoms with Gasteiger partial charge in [0.25, 0.3) is 11.8 Å². The van der Waals surface area contributed by atoms with Crippen molar-refractivity contribution in [2.24, 2.45) is 0 Å². The van der Waals surface area contributed by atoms with Gasteiger partial charge in [0.2, 0.25) is 0 Å². The fourth-order valence-electron chi connectivity index (χ4n) is 3.02. The highest BCUT2D eigenvalue weighted by Gasteiger charge is 2.16. The number of nitrogens with one attached hydrogen (secondary N) is 2. The number of thiophene rings is 1. The van der Waals surface area contributed by atoms with Crippen LogP contribution in [0.25, 0.3) is 0 Å². The standard InChI is InChI=1S/C23H24N2O2S/c1-3-18-15-21(28-16(18)2)23(27)25-20-12-8-7-11-19(20)22(26)24-14-13-17-9-5-4-6-10-17/h4-12,15H,3,13-14H2,1-2H3,(H,24,26)(H,25,27). The van der Waals surface area contributed by atoms with Crippen LogP contribution in [0.4, 0.5) is 5.69 Å². The molecule has 0 spiro atoms. The van der Waals surface area contributed by atoms with E-state index in [0.29, 0.717) is 22.7 Å². The summed E-state index contributed by atoms with van der Waals surface area (Å²) in [6.07, 6.45) is 1.66. The number of anilines is 1. The van der Waals surface area contributed by atoms with Crippen LogP contribution in [0.3, 0.4) is 0 Å². The number of rotatable bonds is 7. The topological polar surface area (TPSA) is 58.2 Å². The van der Waals surface area contributed by atoms with Gasteiger partial charge in [0.1, 0.15) is 0 Å². The third-order valence-electron chi connectivity index (χ3n) is 4.59. The van der Waals surface area contributed by atoms with Crippen LogP contribution < -0.4 is 10.6 Å². The highest BCUT2D eigenvalue weighted by molar-refractivity contribution is 7.14. The second-order valence-corrected chi connectivity index (χ2v) is 7.79. The van der Waals surface area contributed by atoms with Crippen LogP contribution in [-0.4, -0.2) is 18.4 Å². The lowest BCUT2D eigenvalue weighted by Crippen LogP contribution is -2.27. The van der Waals surface area contributed by atoms with Crippen molar-refractivity contribution in [3.8, 4) is 0 Å². The first kappa shape index (κ1) is 19.8. The van der Waals surface area contributed by atoms with E-state index in [1.807, 2.05) is 49.4 Å². The molecule has 5 heteroatoms. The minimum atomic E-state index is -0.191. The first-order chi connectivity index (χ1) is 13.6. The van der Waals surface area contributed by atoms with Crippen molar-refractivity contribution in [3.63, 3.8) is 0 Å². The Morgan fingerprint density at radius 3 is 2.39 bits per heavy atom. The lowest BCUT2D eigenvalue weighted by molar-refractivity contribution is 0.0955. The Kier molecular flexibility index (Phi) is 6.61. The number of aryl methyl sites for hydroxylation is 2. The van der Waals surface area contributed by atoms with Crippen LogP contribution in [0, 0.1) is 6.92 Å². The Hall–Kier alpha value is -2.92. The summed E-state index contributed by atoms with van der Waals surface area (Å²) in [6.45, 7) is 4.63. The van der Waals surface area contributed by atoms with E-state index in [0.717, 1.165) is 17.7 Å². The molecular weight excluding hydrogens is 368 g/mol. The van der Waals surface area contributed by atoms with E-state index in [1.165, 1.54) is 22.5 Å². The number of benzene rings is 2. The van der Waals surface area contributed by atoms with Crippen molar-refractivity contribution in [1.29, 1.82) is 0 Å². The molecule has 3 rings (SSSR count). The summed E-state index contributed by atoms with van der Waals surface area (Å²) < 4.78 is 0. The molecule has 0 bridgehead atoms. The highest BCUT2D eigenvalue weighted by Crippen LogP contribution is 2.24. The van der Waals surface area contributed by atoms with Gasteiger partial charge in [-0.05, 0) is 49.1 Å². The van der Waals surface area contributed by atoms with Crippen molar-refractivity contribution < 1.29 is 9.59 Å². The molecule has 144 valence electrons. The van der Waals surface area contributed by atoms with Gasteiger partial charge < -0.3 is 10.6 Å². The first-order valence-corrected chi connectivity index (χ1v) is 10.2. The second kappa shape index (κ2) is 9.33. The largest absolute Gasteiger partial charge is 0.352 e. The summed E-state index contributed by atoms with van der Waals surface area (Å²) >= 11 is 1.48. The zero-order chi connectivity index (χ0) is 19.9. The predicted molar refractivity (Wildman–Crippen MR) is 115 cm³/mol. The third kappa shape index (κ3) is 4.87. The minimum absolute atomic E-state index is 0.183. The van der Waals surface area contributed by atoms with Crippen LogP contribution in [0.2, 0.25) is 0 Å². The smallest absolute Gasteiger partial charge is 0.265 e. The molecule has 1 heterocycles. The van der Waals surface area contributed by atoms with Crippen molar-refractivity contribution in [1.82, 2.24) is 5.32 Å². The van der Waals surface area contributed by atoms with E-state index < -0.39 is 0 Å². The van der Waals surface area contributed by atoms with Gasteiger partial charge in [0.15, 0.2) is 0 Å². The number of amides is 2. The molecule has 28 heavy (non-hydrogen) atoms. The van der Waals surface area contributed by atoms with E-state index >= 15 is 0 Å². The molecular formula is C23H24N2O2S. The van der Waals surface area contributed by atoms with E-state index in [4.69, 9.17) is 0 Å². The van der Waals surface area contributed by atoms with Crippen molar-refractivity contribution in [2.75, 3.05) is 11.9 Å². The van der Waals surface area contributed by atoms with Gasteiger partial charge in [-0.25, -0.2) is 0 Å². The fraction of sp³-hybridized carbons (Fsp3) is 0.217. The number of para-hydroxylation sites is 1. The number of hydrogen-bond donors (Lipinski definition) is 2. The van der Waals surface area contributed by atoms with Gasteiger partial charge in [-0.2, -0.15) is 0 Å². The zero-order valence-electron chi connectivity index (χ0n) is 16.1. The lowest BCUT2D eigenvalue weighted by atomic mass is 10.1. The maximum atomic E-state index is 12.6. The molecule has 1 aromatic heterocycles. The number of carbonyl (C=O) groups excluding carboxylic acids is 2. The molecule has 0 radical (unpaired) electrons. The fourth-order valence-corrected chi connectivity index (χ4v) is 4.03. The molecule has 0 aliphatic heterocycles. The normalized spacial score (nSPS) is 10.5. The maximum Gasteiger partial charge on any atom is 0.265 e. The van der Waals surface area contributed by atoms with E-state index in [-0.39, 0.29) is 11.8 Å². The Bertz CT molecular complexity index is 964. The number of hydrogen-bond acceptors (Lipinski definition) is 3. The summed E-state index contributed by atoms with van der Waals surface area (Å²) in [5.74, 6) is -0.374. The molecule has 0 aliphatic carbocycles. The van der Waals surface area contributed by atoms with Gasteiger partial charge in [0, 0.05) is 11.4 Å². The quantitative estimate of drug-likeness (QED) is 0.604. The summed E-state index contributed by atoms with van der Waals surface area (Å²) in [5, 5.41) is 5.83. The van der Waals surface area contributed by atoms with Gasteiger partial charge in [-0.1, -0.05) is 49.4 Å². The summed E-state index contributed by atoms with van der Waals surface area (Å²) in [5.41, 5.74) is 3.34. The minimum Gasteiger partial charge on any atom is -0.352 e.